The van der Waals surface area contributed by atoms with Gasteiger partial charge in [0.05, 0.1) is 0 Å². The SMILES string of the molecule is Cc1ccc(C2CCOCC2)c(CCN(C)C)n1. The summed E-state index contributed by atoms with van der Waals surface area (Å²) < 4.78 is 5.45. The van der Waals surface area contributed by atoms with E-state index in [0.29, 0.717) is 5.92 Å². The highest BCUT2D eigenvalue weighted by atomic mass is 16.5. The molecule has 1 saturated heterocycles. The zero-order chi connectivity index (χ0) is 13.0. The average molecular weight is 248 g/mol. The maximum Gasteiger partial charge on any atom is 0.0471 e. The predicted octanol–water partition coefficient (Wildman–Crippen LogP) is 2.39. The minimum absolute atomic E-state index is 0.643. The van der Waals surface area contributed by atoms with Crippen LogP contribution in [0.1, 0.15) is 35.7 Å². The van der Waals surface area contributed by atoms with E-state index in [9.17, 15) is 0 Å². The van der Waals surface area contributed by atoms with Crippen molar-refractivity contribution in [3.8, 4) is 0 Å². The third-order valence-electron chi connectivity index (χ3n) is 3.61. The molecule has 3 nitrogen and oxygen atoms in total. The molecule has 0 saturated carbocycles. The van der Waals surface area contributed by atoms with E-state index in [1.54, 1.807) is 0 Å². The van der Waals surface area contributed by atoms with E-state index < -0.39 is 0 Å². The smallest absolute Gasteiger partial charge is 0.0471 e. The maximum atomic E-state index is 5.45. The second-order valence-electron chi connectivity index (χ2n) is 5.43. The number of aryl methyl sites for hydroxylation is 1. The van der Waals surface area contributed by atoms with Gasteiger partial charge < -0.3 is 9.64 Å². The van der Waals surface area contributed by atoms with Crippen molar-refractivity contribution in [2.24, 2.45) is 0 Å². The Hall–Kier alpha value is -0.930. The summed E-state index contributed by atoms with van der Waals surface area (Å²) in [5, 5.41) is 0. The minimum Gasteiger partial charge on any atom is -0.381 e. The number of rotatable bonds is 4. The normalized spacial score (nSPS) is 17.3. The van der Waals surface area contributed by atoms with Crippen molar-refractivity contribution in [1.29, 1.82) is 0 Å². The molecule has 2 rings (SSSR count). The van der Waals surface area contributed by atoms with Gasteiger partial charge in [0.25, 0.3) is 0 Å². The van der Waals surface area contributed by atoms with Gasteiger partial charge in [0.2, 0.25) is 0 Å². The quantitative estimate of drug-likeness (QED) is 0.818. The zero-order valence-corrected chi connectivity index (χ0v) is 11.8. The first-order valence-electron chi connectivity index (χ1n) is 6.85. The van der Waals surface area contributed by atoms with Gasteiger partial charge >= 0.3 is 0 Å². The van der Waals surface area contributed by atoms with E-state index in [1.165, 1.54) is 11.3 Å². The highest BCUT2D eigenvalue weighted by Crippen LogP contribution is 2.29. The monoisotopic (exact) mass is 248 g/mol. The van der Waals surface area contributed by atoms with Crippen molar-refractivity contribution in [3.63, 3.8) is 0 Å². The summed E-state index contributed by atoms with van der Waals surface area (Å²) in [5.74, 6) is 0.643. The van der Waals surface area contributed by atoms with Gasteiger partial charge in [0, 0.05) is 37.6 Å². The number of hydrogen-bond acceptors (Lipinski definition) is 3. The van der Waals surface area contributed by atoms with E-state index in [0.717, 1.165) is 44.7 Å². The van der Waals surface area contributed by atoms with Gasteiger partial charge in [-0.2, -0.15) is 0 Å². The maximum absolute atomic E-state index is 5.45. The van der Waals surface area contributed by atoms with Gasteiger partial charge in [-0.1, -0.05) is 6.07 Å². The second-order valence-corrected chi connectivity index (χ2v) is 5.43. The van der Waals surface area contributed by atoms with Crippen molar-refractivity contribution >= 4 is 0 Å². The van der Waals surface area contributed by atoms with Crippen LogP contribution in [0.25, 0.3) is 0 Å². The lowest BCUT2D eigenvalue weighted by Gasteiger charge is -2.24. The van der Waals surface area contributed by atoms with Crippen LogP contribution >= 0.6 is 0 Å². The summed E-state index contributed by atoms with van der Waals surface area (Å²) in [7, 11) is 4.23. The molecule has 0 unspecified atom stereocenters. The molecule has 0 amide bonds. The number of likely N-dealkylation sites (N-methyl/N-ethyl adjacent to an activating group) is 1. The Morgan fingerprint density at radius 2 is 2.00 bits per heavy atom. The molecule has 1 aliphatic heterocycles. The van der Waals surface area contributed by atoms with Gasteiger partial charge in [-0.15, -0.1) is 0 Å². The van der Waals surface area contributed by atoms with Gasteiger partial charge in [0.1, 0.15) is 0 Å². The molecule has 0 spiro atoms. The number of aromatic nitrogens is 1. The molecule has 18 heavy (non-hydrogen) atoms. The lowest BCUT2D eigenvalue weighted by molar-refractivity contribution is 0.0850. The lowest BCUT2D eigenvalue weighted by Crippen LogP contribution is -2.20. The highest BCUT2D eigenvalue weighted by Gasteiger charge is 2.19. The van der Waals surface area contributed by atoms with Gasteiger partial charge in [0.15, 0.2) is 0 Å². The Kier molecular flexibility index (Phi) is 4.72. The fourth-order valence-electron chi connectivity index (χ4n) is 2.53. The summed E-state index contributed by atoms with van der Waals surface area (Å²) in [6.45, 7) is 4.93. The molecular weight excluding hydrogens is 224 g/mol. The Balaban J connectivity index is 2.16. The molecular formula is C15H24N2O. The molecule has 0 bridgehead atoms. The standard InChI is InChI=1S/C15H24N2O/c1-12-4-5-14(13-7-10-18-11-8-13)15(16-12)6-9-17(2)3/h4-5,13H,6-11H2,1-3H3. The van der Waals surface area contributed by atoms with Crippen molar-refractivity contribution < 1.29 is 4.74 Å². The molecule has 1 fully saturated rings. The molecule has 0 aliphatic carbocycles. The van der Waals surface area contributed by atoms with Gasteiger partial charge in [-0.3, -0.25) is 4.98 Å². The van der Waals surface area contributed by atoms with E-state index in [2.05, 4.69) is 38.1 Å². The molecule has 2 heterocycles. The van der Waals surface area contributed by atoms with Gasteiger partial charge in [-0.25, -0.2) is 0 Å². The fraction of sp³-hybridized carbons (Fsp3) is 0.667. The van der Waals surface area contributed by atoms with Crippen LogP contribution in [-0.4, -0.2) is 43.7 Å². The largest absolute Gasteiger partial charge is 0.381 e. The minimum atomic E-state index is 0.643. The Bertz CT molecular complexity index is 384. The molecule has 3 heteroatoms. The zero-order valence-electron chi connectivity index (χ0n) is 11.8. The Morgan fingerprint density at radius 1 is 1.28 bits per heavy atom. The first-order valence-corrected chi connectivity index (χ1v) is 6.85. The summed E-state index contributed by atoms with van der Waals surface area (Å²) in [4.78, 5) is 6.97. The number of pyridine rings is 1. The molecule has 0 N–H and O–H groups in total. The highest BCUT2D eigenvalue weighted by molar-refractivity contribution is 5.27. The van der Waals surface area contributed by atoms with E-state index >= 15 is 0 Å². The Labute approximate surface area is 110 Å². The van der Waals surface area contributed by atoms with E-state index in [-0.39, 0.29) is 0 Å². The molecule has 1 aliphatic rings. The van der Waals surface area contributed by atoms with Gasteiger partial charge in [-0.05, 0) is 51.4 Å². The van der Waals surface area contributed by atoms with Crippen LogP contribution in [0.15, 0.2) is 12.1 Å². The first-order chi connectivity index (χ1) is 8.66. The number of ether oxygens (including phenoxy) is 1. The first kappa shape index (κ1) is 13.5. The van der Waals surface area contributed by atoms with Crippen molar-refractivity contribution in [3.05, 3.63) is 29.1 Å². The number of hydrogen-bond donors (Lipinski definition) is 0. The van der Waals surface area contributed by atoms with Crippen LogP contribution in [0.4, 0.5) is 0 Å². The molecule has 1 aromatic heterocycles. The third-order valence-corrected chi connectivity index (χ3v) is 3.61. The topological polar surface area (TPSA) is 25.4 Å². The molecule has 1 aromatic rings. The van der Waals surface area contributed by atoms with E-state index in [1.807, 2.05) is 0 Å². The van der Waals surface area contributed by atoms with Crippen LogP contribution in [0.3, 0.4) is 0 Å². The summed E-state index contributed by atoms with van der Waals surface area (Å²) in [6.07, 6.45) is 3.32. The van der Waals surface area contributed by atoms with Crippen LogP contribution in [0, 0.1) is 6.92 Å². The summed E-state index contributed by atoms with van der Waals surface area (Å²) in [5.41, 5.74) is 3.86. The van der Waals surface area contributed by atoms with Crippen LogP contribution in [0.2, 0.25) is 0 Å². The second kappa shape index (κ2) is 6.30. The molecule has 0 aromatic carbocycles. The fourth-order valence-corrected chi connectivity index (χ4v) is 2.53. The van der Waals surface area contributed by atoms with Crippen LogP contribution in [0.5, 0.6) is 0 Å². The Morgan fingerprint density at radius 3 is 2.67 bits per heavy atom. The average Bonchev–Trinajstić information content (AvgIpc) is 2.37. The van der Waals surface area contributed by atoms with E-state index in [4.69, 9.17) is 9.72 Å². The van der Waals surface area contributed by atoms with Crippen molar-refractivity contribution in [1.82, 2.24) is 9.88 Å². The van der Waals surface area contributed by atoms with Crippen LogP contribution in [-0.2, 0) is 11.2 Å². The lowest BCUT2D eigenvalue weighted by atomic mass is 9.89. The van der Waals surface area contributed by atoms with Crippen molar-refractivity contribution in [2.75, 3.05) is 33.9 Å². The summed E-state index contributed by atoms with van der Waals surface area (Å²) in [6, 6.07) is 4.42. The molecule has 0 radical (unpaired) electrons. The predicted molar refractivity (Wildman–Crippen MR) is 74.0 cm³/mol. The number of nitrogens with zero attached hydrogens (tertiary/aromatic N) is 2. The van der Waals surface area contributed by atoms with Crippen molar-refractivity contribution in [2.45, 2.75) is 32.1 Å². The molecule has 0 atom stereocenters. The van der Waals surface area contributed by atoms with Crippen LogP contribution < -0.4 is 0 Å². The third kappa shape index (κ3) is 3.53. The summed E-state index contributed by atoms with van der Waals surface area (Å²) >= 11 is 0. The molecule has 100 valence electrons.